The first-order chi connectivity index (χ1) is 18.3. The first-order valence-electron chi connectivity index (χ1n) is 13.9. The minimum atomic E-state index is -1.09. The summed E-state index contributed by atoms with van der Waals surface area (Å²) < 4.78 is 11.8. The fourth-order valence-corrected chi connectivity index (χ4v) is 7.42. The summed E-state index contributed by atoms with van der Waals surface area (Å²) in [6, 6.07) is 6.85. The quantitative estimate of drug-likeness (QED) is 0.205. The van der Waals surface area contributed by atoms with Crippen LogP contribution in [0.5, 0.6) is 0 Å². The number of hydrogen-bond donors (Lipinski definition) is 2. The number of amides is 2. The Bertz CT molecular complexity index is 1000. The minimum absolute atomic E-state index is 0.134. The van der Waals surface area contributed by atoms with Crippen molar-refractivity contribution >= 4 is 45.1 Å². The van der Waals surface area contributed by atoms with Gasteiger partial charge in [0.1, 0.15) is 11.6 Å². The van der Waals surface area contributed by atoms with Crippen LogP contribution in [0.3, 0.4) is 0 Å². The summed E-state index contributed by atoms with van der Waals surface area (Å²) in [6.07, 6.45) is 3.02. The summed E-state index contributed by atoms with van der Waals surface area (Å²) >= 11 is 3.66. The van der Waals surface area contributed by atoms with Gasteiger partial charge in [0.25, 0.3) is 0 Å². The highest BCUT2D eigenvalue weighted by Gasteiger charge is 2.76. The number of benzene rings is 1. The third-order valence-corrected chi connectivity index (χ3v) is 9.01. The number of anilines is 2. The average Bonchev–Trinajstić information content (AvgIpc) is 3.49. The van der Waals surface area contributed by atoms with E-state index in [9.17, 15) is 14.4 Å². The molecule has 38 heavy (non-hydrogen) atoms. The molecule has 3 fully saturated rings. The Hall–Kier alpha value is -2.17. The van der Waals surface area contributed by atoms with E-state index < -0.39 is 35.6 Å². The number of likely N-dealkylation sites (tertiary alicyclic amines) is 1. The van der Waals surface area contributed by atoms with E-state index in [-0.39, 0.29) is 29.9 Å². The SMILES string of the molecule is CCOC(=O)[C@H]1[C@H]2C(=O)N(CCCCCCO)C(C(=O)Nc3ccc(N(CC)CC)cc3)C23CC(Br)[C@@H]1O3. The van der Waals surface area contributed by atoms with Crippen molar-refractivity contribution < 1.29 is 29.0 Å². The van der Waals surface area contributed by atoms with Gasteiger partial charge in [-0.2, -0.15) is 0 Å². The Kier molecular flexibility index (Phi) is 9.36. The van der Waals surface area contributed by atoms with Crippen molar-refractivity contribution in [1.82, 2.24) is 4.90 Å². The number of nitrogens with zero attached hydrogens (tertiary/aromatic N) is 2. The van der Waals surface area contributed by atoms with Crippen LogP contribution in [-0.2, 0) is 23.9 Å². The lowest BCUT2D eigenvalue weighted by Crippen LogP contribution is -2.54. The Morgan fingerprint density at radius 3 is 2.47 bits per heavy atom. The Morgan fingerprint density at radius 1 is 1.16 bits per heavy atom. The van der Waals surface area contributed by atoms with Gasteiger partial charge in [-0.25, -0.2) is 0 Å². The van der Waals surface area contributed by atoms with Gasteiger partial charge < -0.3 is 29.7 Å². The van der Waals surface area contributed by atoms with Gasteiger partial charge in [0, 0.05) is 42.4 Å². The summed E-state index contributed by atoms with van der Waals surface area (Å²) in [5.74, 6) is -2.47. The number of rotatable bonds is 13. The third kappa shape index (κ3) is 5.19. The molecular formula is C28H40BrN3O6. The molecule has 3 heterocycles. The van der Waals surface area contributed by atoms with Crippen LogP contribution < -0.4 is 10.2 Å². The number of alkyl halides is 1. The van der Waals surface area contributed by atoms with Gasteiger partial charge in [-0.1, -0.05) is 28.8 Å². The van der Waals surface area contributed by atoms with Crippen molar-refractivity contribution in [3.8, 4) is 0 Å². The highest BCUT2D eigenvalue weighted by Crippen LogP contribution is 2.60. The van der Waals surface area contributed by atoms with Crippen molar-refractivity contribution in [2.24, 2.45) is 11.8 Å². The van der Waals surface area contributed by atoms with Crippen molar-refractivity contribution in [3.63, 3.8) is 0 Å². The molecule has 1 spiro atoms. The Morgan fingerprint density at radius 2 is 1.84 bits per heavy atom. The number of nitrogens with one attached hydrogen (secondary N) is 1. The van der Waals surface area contributed by atoms with E-state index in [1.165, 1.54) is 0 Å². The number of aliphatic hydroxyl groups is 1. The molecule has 10 heteroatoms. The summed E-state index contributed by atoms with van der Waals surface area (Å²) in [4.78, 5) is 44.5. The molecule has 3 saturated heterocycles. The van der Waals surface area contributed by atoms with Gasteiger partial charge in [0.05, 0.1) is 24.5 Å². The van der Waals surface area contributed by atoms with Gasteiger partial charge in [-0.3, -0.25) is 14.4 Å². The predicted octanol–water partition coefficient (Wildman–Crippen LogP) is 3.34. The first kappa shape index (κ1) is 28.8. The summed E-state index contributed by atoms with van der Waals surface area (Å²) in [6.45, 7) is 8.44. The van der Waals surface area contributed by atoms with E-state index in [0.717, 1.165) is 31.6 Å². The number of carbonyl (C=O) groups excluding carboxylic acids is 3. The van der Waals surface area contributed by atoms with E-state index in [4.69, 9.17) is 14.6 Å². The smallest absolute Gasteiger partial charge is 0.312 e. The number of hydrogen-bond acceptors (Lipinski definition) is 7. The molecular weight excluding hydrogens is 554 g/mol. The summed E-state index contributed by atoms with van der Waals surface area (Å²) in [7, 11) is 0. The highest BCUT2D eigenvalue weighted by molar-refractivity contribution is 9.09. The Labute approximate surface area is 233 Å². The van der Waals surface area contributed by atoms with Crippen LogP contribution in [0.4, 0.5) is 11.4 Å². The molecule has 210 valence electrons. The number of esters is 1. The number of carbonyl (C=O) groups is 3. The number of ether oxygens (including phenoxy) is 2. The van der Waals surface area contributed by atoms with Crippen LogP contribution in [0.1, 0.15) is 52.9 Å². The second-order valence-electron chi connectivity index (χ2n) is 10.3. The minimum Gasteiger partial charge on any atom is -0.466 e. The number of aliphatic hydroxyl groups excluding tert-OH is 1. The summed E-state index contributed by atoms with van der Waals surface area (Å²) in [5, 5.41) is 12.1. The molecule has 1 aromatic carbocycles. The fourth-order valence-electron chi connectivity index (χ4n) is 6.48. The normalized spacial score (nSPS) is 29.4. The van der Waals surface area contributed by atoms with E-state index >= 15 is 0 Å². The van der Waals surface area contributed by atoms with Crippen molar-refractivity contribution in [3.05, 3.63) is 24.3 Å². The molecule has 3 aliphatic rings. The second kappa shape index (κ2) is 12.3. The molecule has 4 rings (SSSR count). The predicted molar refractivity (Wildman–Crippen MR) is 148 cm³/mol. The molecule has 3 aliphatic heterocycles. The average molecular weight is 595 g/mol. The molecule has 9 nitrogen and oxygen atoms in total. The van der Waals surface area contributed by atoms with E-state index in [0.29, 0.717) is 31.5 Å². The second-order valence-corrected chi connectivity index (χ2v) is 11.5. The zero-order valence-electron chi connectivity index (χ0n) is 22.5. The molecule has 0 aliphatic carbocycles. The maximum Gasteiger partial charge on any atom is 0.312 e. The molecule has 6 atom stereocenters. The van der Waals surface area contributed by atoms with Gasteiger partial charge in [-0.15, -0.1) is 0 Å². The largest absolute Gasteiger partial charge is 0.466 e. The van der Waals surface area contributed by atoms with Gasteiger partial charge in [0.2, 0.25) is 11.8 Å². The molecule has 0 radical (unpaired) electrons. The standard InChI is InChI=1S/C28H40BrN3O6/c1-4-31(5-2)19-13-11-18(12-14-19)30-25(34)24-28-17-20(29)23(38-28)21(27(36)37-6-3)22(28)26(35)32(24)15-9-7-8-10-16-33/h11-14,20-24,33H,4-10,15-17H2,1-3H3,(H,30,34)/t20?,21-,22-,23-,24?,28?/m0/s1. The number of unbranched alkanes of at least 4 members (excludes halogenated alkanes) is 3. The molecule has 0 aromatic heterocycles. The van der Waals surface area contributed by atoms with Crippen molar-refractivity contribution in [2.75, 3.05) is 43.1 Å². The van der Waals surface area contributed by atoms with Crippen LogP contribution in [0.15, 0.2) is 24.3 Å². The van der Waals surface area contributed by atoms with Crippen LogP contribution in [0.2, 0.25) is 0 Å². The fraction of sp³-hybridized carbons (Fsp3) is 0.679. The molecule has 0 saturated carbocycles. The van der Waals surface area contributed by atoms with Crippen molar-refractivity contribution in [2.45, 2.75) is 75.4 Å². The Balaban J connectivity index is 1.60. The topological polar surface area (TPSA) is 108 Å². The highest BCUT2D eigenvalue weighted by atomic mass is 79.9. The molecule has 3 unspecified atom stereocenters. The molecule has 2 N–H and O–H groups in total. The number of halogens is 1. The maximum absolute atomic E-state index is 13.9. The molecule has 2 bridgehead atoms. The maximum atomic E-state index is 13.9. The van der Waals surface area contributed by atoms with Gasteiger partial charge >= 0.3 is 5.97 Å². The van der Waals surface area contributed by atoms with Crippen LogP contribution in [0, 0.1) is 11.8 Å². The zero-order chi connectivity index (χ0) is 27.4. The third-order valence-electron chi connectivity index (χ3n) is 8.17. The number of fused-ring (bicyclic) bond motifs is 1. The van der Waals surface area contributed by atoms with Crippen LogP contribution in [0.25, 0.3) is 0 Å². The molecule has 1 aromatic rings. The van der Waals surface area contributed by atoms with E-state index in [2.05, 4.69) is 40.0 Å². The van der Waals surface area contributed by atoms with Crippen LogP contribution >= 0.6 is 15.9 Å². The lowest BCUT2D eigenvalue weighted by Gasteiger charge is -2.34. The van der Waals surface area contributed by atoms with E-state index in [1.807, 2.05) is 24.3 Å². The summed E-state index contributed by atoms with van der Waals surface area (Å²) in [5.41, 5.74) is 0.624. The van der Waals surface area contributed by atoms with Crippen molar-refractivity contribution in [1.29, 1.82) is 0 Å². The first-order valence-corrected chi connectivity index (χ1v) is 14.8. The van der Waals surface area contributed by atoms with Gasteiger partial charge in [-0.05, 0) is 64.3 Å². The van der Waals surface area contributed by atoms with E-state index in [1.54, 1.807) is 11.8 Å². The lowest BCUT2D eigenvalue weighted by atomic mass is 9.70. The lowest BCUT2D eigenvalue weighted by molar-refractivity contribution is -0.154. The monoisotopic (exact) mass is 593 g/mol. The van der Waals surface area contributed by atoms with Gasteiger partial charge in [0.15, 0.2) is 0 Å². The molecule has 2 amide bonds. The van der Waals surface area contributed by atoms with Crippen LogP contribution in [-0.4, -0.2) is 83.2 Å². The zero-order valence-corrected chi connectivity index (χ0v) is 24.1.